The minimum Gasteiger partial charge on any atom is -0.423 e. The lowest BCUT2D eigenvalue weighted by molar-refractivity contribution is -0.140. The Morgan fingerprint density at radius 2 is 1.61 bits per heavy atom. The van der Waals surface area contributed by atoms with E-state index in [4.69, 9.17) is 16.3 Å². The van der Waals surface area contributed by atoms with Gasteiger partial charge in [0.1, 0.15) is 16.5 Å². The lowest BCUT2D eigenvalue weighted by Crippen LogP contribution is -2.42. The van der Waals surface area contributed by atoms with Gasteiger partial charge in [0.25, 0.3) is 11.8 Å². The van der Waals surface area contributed by atoms with Crippen LogP contribution in [0, 0.1) is 0 Å². The first-order chi connectivity index (χ1) is 14.9. The molecule has 1 heterocycles. The van der Waals surface area contributed by atoms with Gasteiger partial charge in [-0.25, -0.2) is 4.79 Å². The number of ether oxygens (including phenoxy) is 1. The highest BCUT2D eigenvalue weighted by atomic mass is 79.9. The fourth-order valence-electron chi connectivity index (χ4n) is 3.80. The number of amides is 2. The van der Waals surface area contributed by atoms with Crippen molar-refractivity contribution < 1.29 is 19.1 Å². The molecule has 2 amide bonds. The summed E-state index contributed by atoms with van der Waals surface area (Å²) in [5, 5.41) is 2.84. The average molecular weight is 504 g/mol. The Morgan fingerprint density at radius 1 is 0.968 bits per heavy atom. The highest BCUT2D eigenvalue weighted by Gasteiger charge is 2.42. The molecule has 31 heavy (non-hydrogen) atoms. The number of rotatable bonds is 5. The molecule has 0 bridgehead atoms. The predicted molar refractivity (Wildman–Crippen MR) is 121 cm³/mol. The molecule has 0 saturated heterocycles. The third-order valence-corrected chi connectivity index (χ3v) is 6.29. The van der Waals surface area contributed by atoms with Gasteiger partial charge in [0, 0.05) is 16.2 Å². The van der Waals surface area contributed by atoms with Crippen molar-refractivity contribution >= 4 is 51.0 Å². The molecule has 4 rings (SSSR count). The molecule has 0 aromatic heterocycles. The van der Waals surface area contributed by atoms with E-state index in [1.807, 2.05) is 0 Å². The lowest BCUT2D eigenvalue weighted by Gasteiger charge is -2.29. The maximum atomic E-state index is 12.9. The fourth-order valence-corrected chi connectivity index (χ4v) is 4.28. The van der Waals surface area contributed by atoms with E-state index < -0.39 is 17.8 Å². The van der Waals surface area contributed by atoms with E-state index in [2.05, 4.69) is 21.2 Å². The van der Waals surface area contributed by atoms with Crippen molar-refractivity contribution in [3.8, 4) is 5.75 Å². The molecule has 0 spiro atoms. The van der Waals surface area contributed by atoms with E-state index in [1.54, 1.807) is 48.5 Å². The molecule has 2 aromatic carbocycles. The van der Waals surface area contributed by atoms with Crippen molar-refractivity contribution in [1.82, 2.24) is 4.90 Å². The number of anilines is 1. The minimum atomic E-state index is -0.498. The first kappa shape index (κ1) is 21.6. The van der Waals surface area contributed by atoms with Crippen LogP contribution in [0.2, 0.25) is 0 Å². The second-order valence-electron chi connectivity index (χ2n) is 7.51. The van der Waals surface area contributed by atoms with Gasteiger partial charge in [-0.1, -0.05) is 46.8 Å². The van der Waals surface area contributed by atoms with Crippen LogP contribution in [-0.2, 0) is 9.59 Å². The van der Waals surface area contributed by atoms with Gasteiger partial charge < -0.3 is 10.1 Å². The Balaban J connectivity index is 1.43. The average Bonchev–Trinajstić information content (AvgIpc) is 2.99. The summed E-state index contributed by atoms with van der Waals surface area (Å²) in [5.74, 6) is -0.914. The predicted octanol–water partition coefficient (Wildman–Crippen LogP) is 5.23. The normalized spacial score (nSPS) is 17.3. The first-order valence-electron chi connectivity index (χ1n) is 10.1. The van der Waals surface area contributed by atoms with Crippen LogP contribution in [0.5, 0.6) is 5.75 Å². The molecular formula is C23H20BrClN2O4. The van der Waals surface area contributed by atoms with Gasteiger partial charge in [0.05, 0.1) is 5.56 Å². The SMILES string of the molecule is O=C(Oc1ccc(Br)cc1)c1ccc(NC2=C(Cl)C(=O)N(C3CCCCC3)C2=O)cc1. The zero-order chi connectivity index (χ0) is 22.0. The monoisotopic (exact) mass is 502 g/mol. The fraction of sp³-hybridized carbons (Fsp3) is 0.261. The maximum Gasteiger partial charge on any atom is 0.343 e. The molecule has 160 valence electrons. The summed E-state index contributed by atoms with van der Waals surface area (Å²) < 4.78 is 6.23. The summed E-state index contributed by atoms with van der Waals surface area (Å²) in [6.07, 6.45) is 4.74. The summed E-state index contributed by atoms with van der Waals surface area (Å²) >= 11 is 9.53. The van der Waals surface area contributed by atoms with Gasteiger partial charge >= 0.3 is 5.97 Å². The molecule has 1 N–H and O–H groups in total. The zero-order valence-corrected chi connectivity index (χ0v) is 18.9. The number of halogens is 2. The molecule has 2 aromatic rings. The lowest BCUT2D eigenvalue weighted by atomic mass is 9.94. The van der Waals surface area contributed by atoms with E-state index in [1.165, 1.54) is 4.90 Å². The second-order valence-corrected chi connectivity index (χ2v) is 8.80. The Hall–Kier alpha value is -2.64. The van der Waals surface area contributed by atoms with Crippen molar-refractivity contribution in [3.05, 3.63) is 69.3 Å². The minimum absolute atomic E-state index is 0.0717. The number of benzene rings is 2. The molecule has 1 saturated carbocycles. The molecule has 6 nitrogen and oxygen atoms in total. The van der Waals surface area contributed by atoms with E-state index in [0.29, 0.717) is 17.0 Å². The highest BCUT2D eigenvalue weighted by molar-refractivity contribution is 9.10. The molecule has 0 radical (unpaired) electrons. The van der Waals surface area contributed by atoms with Gasteiger partial charge in [-0.2, -0.15) is 0 Å². The summed E-state index contributed by atoms with van der Waals surface area (Å²) in [5.41, 5.74) is 0.966. The van der Waals surface area contributed by atoms with E-state index in [-0.39, 0.29) is 16.8 Å². The van der Waals surface area contributed by atoms with E-state index in [9.17, 15) is 14.4 Å². The largest absolute Gasteiger partial charge is 0.423 e. The Kier molecular flexibility index (Phi) is 6.43. The second kappa shape index (κ2) is 9.24. The van der Waals surface area contributed by atoms with Gasteiger partial charge in [0.15, 0.2) is 0 Å². The van der Waals surface area contributed by atoms with Crippen molar-refractivity contribution in [2.24, 2.45) is 0 Å². The topological polar surface area (TPSA) is 75.7 Å². The van der Waals surface area contributed by atoms with Crippen molar-refractivity contribution in [1.29, 1.82) is 0 Å². The number of carbonyl (C=O) groups excluding carboxylic acids is 3. The molecule has 2 aliphatic rings. The number of imide groups is 1. The number of hydrogen-bond acceptors (Lipinski definition) is 5. The van der Waals surface area contributed by atoms with Crippen LogP contribution in [0.3, 0.4) is 0 Å². The van der Waals surface area contributed by atoms with Crippen LogP contribution in [0.1, 0.15) is 42.5 Å². The van der Waals surface area contributed by atoms with Crippen LogP contribution in [-0.4, -0.2) is 28.7 Å². The quantitative estimate of drug-likeness (QED) is 0.343. The maximum absolute atomic E-state index is 12.9. The van der Waals surface area contributed by atoms with Gasteiger partial charge in [0.2, 0.25) is 0 Å². The Bertz CT molecular complexity index is 1040. The van der Waals surface area contributed by atoms with Gasteiger partial charge in [-0.05, 0) is 61.4 Å². The summed E-state index contributed by atoms with van der Waals surface area (Å²) in [6, 6.07) is 13.3. The molecule has 8 heteroatoms. The van der Waals surface area contributed by atoms with Gasteiger partial charge in [-0.3, -0.25) is 14.5 Å². The Labute approximate surface area is 193 Å². The Morgan fingerprint density at radius 3 is 2.26 bits per heavy atom. The van der Waals surface area contributed by atoms with Crippen LogP contribution in [0.4, 0.5) is 5.69 Å². The molecule has 1 aliphatic carbocycles. The molecule has 0 unspecified atom stereocenters. The number of hydrogen-bond donors (Lipinski definition) is 1. The van der Waals surface area contributed by atoms with E-state index >= 15 is 0 Å². The third kappa shape index (κ3) is 4.67. The number of esters is 1. The molecule has 1 fully saturated rings. The smallest absolute Gasteiger partial charge is 0.343 e. The summed E-state index contributed by atoms with van der Waals surface area (Å²) in [6.45, 7) is 0. The van der Waals surface area contributed by atoms with Crippen LogP contribution in [0.15, 0.2) is 63.7 Å². The van der Waals surface area contributed by atoms with Crippen molar-refractivity contribution in [2.75, 3.05) is 5.32 Å². The van der Waals surface area contributed by atoms with Crippen LogP contribution >= 0.6 is 27.5 Å². The summed E-state index contributed by atoms with van der Waals surface area (Å²) in [7, 11) is 0. The standard InChI is InChI=1S/C23H20BrClN2O4/c24-15-8-12-18(13-9-15)31-23(30)14-6-10-16(11-7-14)26-20-19(25)21(28)27(22(20)29)17-4-2-1-3-5-17/h6-13,17,26H,1-5H2. The van der Waals surface area contributed by atoms with Crippen molar-refractivity contribution in [2.45, 2.75) is 38.1 Å². The van der Waals surface area contributed by atoms with Gasteiger partial charge in [-0.15, -0.1) is 0 Å². The first-order valence-corrected chi connectivity index (χ1v) is 11.2. The highest BCUT2D eigenvalue weighted by Crippen LogP contribution is 2.32. The molecule has 1 aliphatic heterocycles. The zero-order valence-electron chi connectivity index (χ0n) is 16.6. The summed E-state index contributed by atoms with van der Waals surface area (Å²) in [4.78, 5) is 39.0. The van der Waals surface area contributed by atoms with Crippen molar-refractivity contribution in [3.63, 3.8) is 0 Å². The third-order valence-electron chi connectivity index (χ3n) is 5.41. The molecular weight excluding hydrogens is 484 g/mol. The van der Waals surface area contributed by atoms with Crippen LogP contribution < -0.4 is 10.1 Å². The molecule has 0 atom stereocenters. The van der Waals surface area contributed by atoms with E-state index in [0.717, 1.165) is 36.6 Å². The number of carbonyl (C=O) groups is 3. The van der Waals surface area contributed by atoms with Crippen LogP contribution in [0.25, 0.3) is 0 Å². The number of nitrogens with zero attached hydrogens (tertiary/aromatic N) is 1. The number of nitrogens with one attached hydrogen (secondary N) is 1.